The number of aromatic nitrogens is 2. The van der Waals surface area contributed by atoms with E-state index in [0.29, 0.717) is 5.56 Å². The Balaban J connectivity index is 1.61. The van der Waals surface area contributed by atoms with Crippen LogP contribution in [0.2, 0.25) is 0 Å². The zero-order valence-electron chi connectivity index (χ0n) is 13.4. The summed E-state index contributed by atoms with van der Waals surface area (Å²) in [4.78, 5) is 12.1. The average Bonchev–Trinajstić information content (AvgIpc) is 3.01. The Morgan fingerprint density at radius 1 is 1.12 bits per heavy atom. The van der Waals surface area contributed by atoms with Gasteiger partial charge in [-0.3, -0.25) is 10.1 Å². The molecule has 2 aromatic carbocycles. The third-order valence-corrected chi connectivity index (χ3v) is 3.41. The third-order valence-electron chi connectivity index (χ3n) is 3.41. The zero-order chi connectivity index (χ0) is 16.9. The monoisotopic (exact) mass is 323 g/mol. The molecule has 6 nitrogen and oxygen atoms in total. The molecule has 0 aliphatic carbocycles. The van der Waals surface area contributed by atoms with Gasteiger partial charge in [-0.15, -0.1) is 5.10 Å². The highest BCUT2D eigenvalue weighted by Crippen LogP contribution is 2.18. The summed E-state index contributed by atoms with van der Waals surface area (Å²) in [6, 6.07) is 14.9. The van der Waals surface area contributed by atoms with Gasteiger partial charge in [-0.25, -0.2) is 0 Å². The SMILES string of the molecule is Cc1cccc(C(=O)Nc2nnc(COc3ccccc3C)o2)c1. The molecule has 0 fully saturated rings. The fraction of sp³-hybridized carbons (Fsp3) is 0.167. The molecule has 1 N–H and O–H groups in total. The van der Waals surface area contributed by atoms with Gasteiger partial charge in [-0.1, -0.05) is 41.0 Å². The molecule has 1 heterocycles. The molecule has 0 saturated heterocycles. The molecule has 0 radical (unpaired) electrons. The number of amides is 1. The van der Waals surface area contributed by atoms with E-state index in [2.05, 4.69) is 15.5 Å². The van der Waals surface area contributed by atoms with Crippen LogP contribution in [0, 0.1) is 13.8 Å². The molecule has 1 aromatic heterocycles. The van der Waals surface area contributed by atoms with Crippen LogP contribution in [0.1, 0.15) is 27.4 Å². The molecule has 1 amide bonds. The number of benzene rings is 2. The minimum absolute atomic E-state index is 0.0462. The largest absolute Gasteiger partial charge is 0.484 e. The molecule has 3 aromatic rings. The molecule has 6 heteroatoms. The summed E-state index contributed by atoms with van der Waals surface area (Å²) < 4.78 is 11.0. The third kappa shape index (κ3) is 3.78. The summed E-state index contributed by atoms with van der Waals surface area (Å²) >= 11 is 0. The van der Waals surface area contributed by atoms with Crippen molar-refractivity contribution in [1.29, 1.82) is 0 Å². The average molecular weight is 323 g/mol. The fourth-order valence-corrected chi connectivity index (χ4v) is 2.18. The molecule has 0 aliphatic rings. The number of ether oxygens (including phenoxy) is 1. The number of hydrogen-bond donors (Lipinski definition) is 1. The van der Waals surface area contributed by atoms with Crippen molar-refractivity contribution in [3.05, 3.63) is 71.1 Å². The number of aryl methyl sites for hydroxylation is 2. The lowest BCUT2D eigenvalue weighted by atomic mass is 10.1. The van der Waals surface area contributed by atoms with E-state index in [4.69, 9.17) is 9.15 Å². The number of nitrogens with zero attached hydrogens (tertiary/aromatic N) is 2. The summed E-state index contributed by atoms with van der Waals surface area (Å²) in [7, 11) is 0. The first kappa shape index (κ1) is 15.7. The Labute approximate surface area is 139 Å². The van der Waals surface area contributed by atoms with E-state index in [1.54, 1.807) is 12.1 Å². The van der Waals surface area contributed by atoms with Crippen LogP contribution in [0.5, 0.6) is 5.75 Å². The number of anilines is 1. The van der Waals surface area contributed by atoms with Gasteiger partial charge in [0, 0.05) is 5.56 Å². The Morgan fingerprint density at radius 2 is 1.96 bits per heavy atom. The van der Waals surface area contributed by atoms with Crippen molar-refractivity contribution in [3.63, 3.8) is 0 Å². The standard InChI is InChI=1S/C18H17N3O3/c1-12-6-5-8-14(10-12)17(22)19-18-21-20-16(24-18)11-23-15-9-4-3-7-13(15)2/h3-10H,11H2,1-2H3,(H,19,21,22). The van der Waals surface area contributed by atoms with Crippen LogP contribution < -0.4 is 10.1 Å². The van der Waals surface area contributed by atoms with Crippen LogP contribution in [-0.2, 0) is 6.61 Å². The van der Waals surface area contributed by atoms with Gasteiger partial charge in [0.25, 0.3) is 11.8 Å². The maximum Gasteiger partial charge on any atom is 0.322 e. The molecule has 0 saturated carbocycles. The molecule has 24 heavy (non-hydrogen) atoms. The second kappa shape index (κ2) is 6.95. The van der Waals surface area contributed by atoms with Crippen molar-refractivity contribution >= 4 is 11.9 Å². The van der Waals surface area contributed by atoms with Gasteiger partial charge in [0.15, 0.2) is 6.61 Å². The van der Waals surface area contributed by atoms with Crippen molar-refractivity contribution in [2.24, 2.45) is 0 Å². The van der Waals surface area contributed by atoms with E-state index >= 15 is 0 Å². The number of para-hydroxylation sites is 1. The van der Waals surface area contributed by atoms with Crippen LogP contribution in [0.3, 0.4) is 0 Å². The lowest BCUT2D eigenvalue weighted by Crippen LogP contribution is -2.12. The van der Waals surface area contributed by atoms with E-state index in [9.17, 15) is 4.79 Å². The van der Waals surface area contributed by atoms with Crippen LogP contribution in [0.25, 0.3) is 0 Å². The molecule has 3 rings (SSSR count). The number of hydrogen-bond acceptors (Lipinski definition) is 5. The topological polar surface area (TPSA) is 77.2 Å². The summed E-state index contributed by atoms with van der Waals surface area (Å²) in [6.07, 6.45) is 0. The van der Waals surface area contributed by atoms with E-state index in [-0.39, 0.29) is 24.4 Å². The quantitative estimate of drug-likeness (QED) is 0.777. The van der Waals surface area contributed by atoms with Crippen molar-refractivity contribution < 1.29 is 13.9 Å². The summed E-state index contributed by atoms with van der Waals surface area (Å²) in [5, 5.41) is 10.3. The lowest BCUT2D eigenvalue weighted by molar-refractivity contribution is 0.102. The highest BCUT2D eigenvalue weighted by molar-refractivity contribution is 6.03. The Hall–Kier alpha value is -3.15. The first-order valence-corrected chi connectivity index (χ1v) is 7.50. The van der Waals surface area contributed by atoms with E-state index < -0.39 is 0 Å². The van der Waals surface area contributed by atoms with Gasteiger partial charge < -0.3 is 9.15 Å². The first-order chi connectivity index (χ1) is 11.6. The second-order valence-corrected chi connectivity index (χ2v) is 5.38. The highest BCUT2D eigenvalue weighted by atomic mass is 16.5. The van der Waals surface area contributed by atoms with Crippen LogP contribution in [0.4, 0.5) is 6.01 Å². The molecule has 0 aliphatic heterocycles. The van der Waals surface area contributed by atoms with Crippen molar-refractivity contribution in [2.45, 2.75) is 20.5 Å². The van der Waals surface area contributed by atoms with Gasteiger partial charge in [0.05, 0.1) is 0 Å². The molecule has 0 bridgehead atoms. The van der Waals surface area contributed by atoms with E-state index in [0.717, 1.165) is 16.9 Å². The zero-order valence-corrected chi connectivity index (χ0v) is 13.4. The number of carbonyl (C=O) groups excluding carboxylic acids is 1. The molecule has 0 spiro atoms. The smallest absolute Gasteiger partial charge is 0.322 e. The van der Waals surface area contributed by atoms with Gasteiger partial charge in [0.2, 0.25) is 0 Å². The fourth-order valence-electron chi connectivity index (χ4n) is 2.18. The predicted octanol–water partition coefficient (Wildman–Crippen LogP) is 3.52. The lowest BCUT2D eigenvalue weighted by Gasteiger charge is -2.05. The van der Waals surface area contributed by atoms with Crippen LogP contribution >= 0.6 is 0 Å². The normalized spacial score (nSPS) is 10.4. The second-order valence-electron chi connectivity index (χ2n) is 5.38. The van der Waals surface area contributed by atoms with Gasteiger partial charge in [0.1, 0.15) is 5.75 Å². The first-order valence-electron chi connectivity index (χ1n) is 7.50. The van der Waals surface area contributed by atoms with Crippen LogP contribution in [0.15, 0.2) is 52.9 Å². The maximum absolute atomic E-state index is 12.1. The van der Waals surface area contributed by atoms with Gasteiger partial charge in [-0.05, 0) is 37.6 Å². The van der Waals surface area contributed by atoms with Crippen molar-refractivity contribution in [2.75, 3.05) is 5.32 Å². The van der Waals surface area contributed by atoms with Crippen molar-refractivity contribution in [3.8, 4) is 5.75 Å². The highest BCUT2D eigenvalue weighted by Gasteiger charge is 2.12. The van der Waals surface area contributed by atoms with Gasteiger partial charge >= 0.3 is 6.01 Å². The Bertz CT molecular complexity index is 858. The van der Waals surface area contributed by atoms with Crippen LogP contribution in [-0.4, -0.2) is 16.1 Å². The summed E-state index contributed by atoms with van der Waals surface area (Å²) in [5.41, 5.74) is 2.55. The van der Waals surface area contributed by atoms with E-state index in [1.165, 1.54) is 0 Å². The molecule has 122 valence electrons. The predicted molar refractivity (Wildman–Crippen MR) is 88.9 cm³/mol. The number of nitrogens with one attached hydrogen (secondary N) is 1. The minimum atomic E-state index is -0.297. The number of rotatable bonds is 5. The molecular formula is C18H17N3O3. The maximum atomic E-state index is 12.1. The Kier molecular flexibility index (Phi) is 4.56. The molecule has 0 unspecified atom stereocenters. The van der Waals surface area contributed by atoms with E-state index in [1.807, 2.05) is 50.2 Å². The van der Waals surface area contributed by atoms with Crippen molar-refractivity contribution in [1.82, 2.24) is 10.2 Å². The summed E-state index contributed by atoms with van der Waals surface area (Å²) in [5.74, 6) is 0.743. The Morgan fingerprint density at radius 3 is 2.75 bits per heavy atom. The molecule has 0 atom stereocenters. The minimum Gasteiger partial charge on any atom is -0.484 e. The number of carbonyl (C=O) groups is 1. The van der Waals surface area contributed by atoms with Gasteiger partial charge in [-0.2, -0.15) is 0 Å². The molecular weight excluding hydrogens is 306 g/mol. The summed E-state index contributed by atoms with van der Waals surface area (Å²) in [6.45, 7) is 4.01.